The van der Waals surface area contributed by atoms with Crippen LogP contribution in [0, 0.1) is 17.5 Å². The standard InChI is InChI=1S/C22H21ClN4O3.C18H14ClFN2O2.C18H14ClFN2O.C17H14ClFN2O.C17H16F2N4O/c1-13(25-22(28)19-9-14-8-16(23)4-6-18(14)26-19)15-11-24-27(12-15)17-5-7-20(29-2)21(10-17)30-3;19-13-6-11-7-16(21-15(11)8-14(13)20)17(23)22-18(9-24-10-18)12-4-2-1-3-5-12;19-13-8-11-9-16(21-15(11)10-14(13)20)17(23)22-18(6-7-18)12-4-2-1-3-5-12;1-10(11-5-3-2-4-6-11)20-17(22)16-8-12-7-13(18)14(19)9-15(12)21-16;1-23-9-12(8-20-23)17(4-5-17)22-16(24)14-6-10-2-3-11(15(18)19)7-13(10)21-14/h4-13,26H,1-3H3,(H,25,28);1-8,21H,9-10H2,(H,22,23);1-5,8-10,21H,6-7H2,(H,22,23);2-10,21H,1H3,(H,20,22);2-3,6-9,15,21H,4-5H2,1H3,(H,22,24)/t;;;10-;/m...1./s1. The van der Waals surface area contributed by atoms with Crippen molar-refractivity contribution in [2.45, 2.75) is 74.7 Å². The number of alkyl halides is 2. The average Bonchev–Trinajstić information content (AvgIpc) is 1.64. The Hall–Kier alpha value is -13.2. The fourth-order valence-corrected chi connectivity index (χ4v) is 15.1. The number of ether oxygens (including phenoxy) is 3. The number of amides is 5. The lowest BCUT2D eigenvalue weighted by molar-refractivity contribution is -0.0734. The Morgan fingerprint density at radius 2 is 0.854 bits per heavy atom. The number of H-pyrrole nitrogens is 5. The molecule has 7 aromatic heterocycles. The van der Waals surface area contributed by atoms with Crippen molar-refractivity contribution in [1.29, 1.82) is 0 Å². The van der Waals surface area contributed by atoms with Gasteiger partial charge in [-0.3, -0.25) is 28.7 Å². The first-order valence-electron chi connectivity index (χ1n) is 38.9. The van der Waals surface area contributed by atoms with Crippen LogP contribution in [-0.4, -0.2) is 101 Å². The van der Waals surface area contributed by atoms with Crippen molar-refractivity contribution in [2.24, 2.45) is 7.05 Å². The summed E-state index contributed by atoms with van der Waals surface area (Å²) in [5.74, 6) is -1.43. The van der Waals surface area contributed by atoms with E-state index in [1.807, 2.05) is 155 Å². The molecule has 0 bridgehead atoms. The topological polar surface area (TPSA) is 288 Å². The second kappa shape index (κ2) is 35.9. The number of methoxy groups -OCH3 is 2. The van der Waals surface area contributed by atoms with Gasteiger partial charge in [0.1, 0.15) is 51.5 Å². The molecule has 2 aliphatic carbocycles. The number of nitrogens with one attached hydrogen (secondary N) is 10. The Morgan fingerprint density at radius 3 is 1.31 bits per heavy atom. The van der Waals surface area contributed by atoms with Gasteiger partial charge >= 0.3 is 0 Å². The van der Waals surface area contributed by atoms with Crippen LogP contribution in [0.1, 0.15) is 144 Å². The second-order valence-corrected chi connectivity index (χ2v) is 31.8. The van der Waals surface area contributed by atoms with Gasteiger partial charge in [-0.05, 0) is 159 Å². The molecule has 2 saturated carbocycles. The maximum Gasteiger partial charge on any atom is 0.268 e. The van der Waals surface area contributed by atoms with Crippen LogP contribution in [0.3, 0.4) is 0 Å². The molecular weight excluding hydrogens is 1670 g/mol. The van der Waals surface area contributed by atoms with Crippen LogP contribution in [-0.2, 0) is 28.4 Å². The SMILES string of the molecule is COc1ccc(-n2cc(C(C)NC(=O)c3cc4cc(Cl)ccc4[nH]3)cn2)cc1OC.C[C@@H](NC(=O)c1cc2cc(Cl)c(F)cc2[nH]1)c1ccccc1.Cn1cc(C2(NC(=O)c3cc4ccc(C(F)F)cc4[nH]3)CC2)cn1.O=C(NC1(c2ccccc2)CC1)c1cc2cc(Cl)c(F)cc2[nH]1.O=C(NC1(c2ccccc2)COC1)c1cc2cc(Cl)c(F)cc2[nH]1. The van der Waals surface area contributed by atoms with E-state index in [1.54, 1.807) is 78.4 Å². The summed E-state index contributed by atoms with van der Waals surface area (Å²) >= 11 is 23.3. The van der Waals surface area contributed by atoms with E-state index in [0.717, 1.165) is 75.5 Å². The van der Waals surface area contributed by atoms with Gasteiger partial charge in [0.05, 0.1) is 83.7 Å². The predicted octanol–water partition coefficient (Wildman–Crippen LogP) is 20.2. The maximum absolute atomic E-state index is 13.5. The molecular formula is C92H79Cl4F5N14O8. The molecule has 8 heterocycles. The van der Waals surface area contributed by atoms with Crippen LogP contribution < -0.4 is 36.1 Å². The first-order valence-corrected chi connectivity index (χ1v) is 40.4. The number of aryl methyl sites for hydroxylation is 1. The number of carbonyl (C=O) groups excluding carboxylic acids is 5. The van der Waals surface area contributed by atoms with Gasteiger partial charge in [-0.15, -0.1) is 0 Å². The largest absolute Gasteiger partial charge is 0.493 e. The molecule has 3 aliphatic rings. The minimum atomic E-state index is -2.53. The Labute approximate surface area is 720 Å². The molecule has 5 amide bonds. The van der Waals surface area contributed by atoms with Crippen LogP contribution in [0.25, 0.3) is 60.2 Å². The lowest BCUT2D eigenvalue weighted by Crippen LogP contribution is -2.59. The lowest BCUT2D eigenvalue weighted by atomic mass is 9.88. The van der Waals surface area contributed by atoms with Gasteiger partial charge in [0.15, 0.2) is 11.5 Å². The number of carbonyl (C=O) groups is 5. The zero-order valence-corrected chi connectivity index (χ0v) is 69.5. The van der Waals surface area contributed by atoms with Gasteiger partial charge in [-0.1, -0.05) is 150 Å². The minimum absolute atomic E-state index is 0.0293. The summed E-state index contributed by atoms with van der Waals surface area (Å²) in [6.45, 7) is 4.66. The number of nitrogens with zero attached hydrogens (tertiary/aromatic N) is 4. The number of hydrogen-bond donors (Lipinski definition) is 10. The molecule has 1 saturated heterocycles. The molecule has 19 rings (SSSR count). The van der Waals surface area contributed by atoms with Crippen molar-refractivity contribution in [3.05, 3.63) is 337 Å². The first kappa shape index (κ1) is 84.8. The summed E-state index contributed by atoms with van der Waals surface area (Å²) in [4.78, 5) is 77.6. The minimum Gasteiger partial charge on any atom is -0.493 e. The summed E-state index contributed by atoms with van der Waals surface area (Å²) in [5, 5.41) is 28.1. The fourth-order valence-electron chi connectivity index (χ4n) is 14.4. The molecule has 16 aromatic rings. The van der Waals surface area contributed by atoms with Crippen molar-refractivity contribution in [3.8, 4) is 17.2 Å². The molecule has 31 heteroatoms. The predicted molar refractivity (Wildman–Crippen MR) is 464 cm³/mol. The molecule has 1 unspecified atom stereocenters. The van der Waals surface area contributed by atoms with Crippen LogP contribution in [0.4, 0.5) is 22.0 Å². The highest BCUT2D eigenvalue weighted by Crippen LogP contribution is 2.47. The fraction of sp³-hybridized carbons (Fsp3) is 0.185. The number of benzene rings is 9. The Morgan fingerprint density at radius 1 is 0.423 bits per heavy atom. The summed E-state index contributed by atoms with van der Waals surface area (Å²) in [6.07, 6.45) is 8.29. The molecule has 123 heavy (non-hydrogen) atoms. The normalized spacial score (nSPS) is 14.2. The van der Waals surface area contributed by atoms with Gasteiger partial charge in [0.2, 0.25) is 0 Å². The highest BCUT2D eigenvalue weighted by molar-refractivity contribution is 6.32. The molecule has 0 radical (unpaired) electrons. The Bertz CT molecular complexity index is 6500. The monoisotopic (exact) mass is 1740 g/mol. The molecule has 1 aliphatic heterocycles. The third-order valence-corrected chi connectivity index (χ3v) is 22.7. The molecule has 22 nitrogen and oxygen atoms in total. The average molecular weight is 1750 g/mol. The summed E-state index contributed by atoms with van der Waals surface area (Å²) in [7, 11) is 5.01. The van der Waals surface area contributed by atoms with Gasteiger partial charge in [0, 0.05) is 102 Å². The Balaban J connectivity index is 0.000000120. The molecule has 3 fully saturated rings. The van der Waals surface area contributed by atoms with E-state index < -0.39 is 29.4 Å². The quantitative estimate of drug-likeness (QED) is 0.0342. The van der Waals surface area contributed by atoms with E-state index in [9.17, 15) is 45.9 Å². The number of fused-ring (bicyclic) bond motifs is 5. The number of aromatic nitrogens is 9. The third-order valence-electron chi connectivity index (χ3n) is 21.6. The summed E-state index contributed by atoms with van der Waals surface area (Å²) < 4.78 is 85.4. The van der Waals surface area contributed by atoms with E-state index in [-0.39, 0.29) is 73.3 Å². The van der Waals surface area contributed by atoms with Crippen molar-refractivity contribution in [3.63, 3.8) is 0 Å². The van der Waals surface area contributed by atoms with Gasteiger partial charge in [-0.2, -0.15) is 10.2 Å². The van der Waals surface area contributed by atoms with Crippen LogP contribution in [0.2, 0.25) is 20.1 Å². The molecule has 628 valence electrons. The maximum atomic E-state index is 13.5. The van der Waals surface area contributed by atoms with Gasteiger partial charge < -0.3 is 65.7 Å². The second-order valence-electron chi connectivity index (χ2n) is 30.1. The third kappa shape index (κ3) is 19.1. The molecule has 0 spiro atoms. The van der Waals surface area contributed by atoms with Crippen molar-refractivity contribution in [2.75, 3.05) is 27.4 Å². The van der Waals surface area contributed by atoms with Crippen LogP contribution in [0.15, 0.2) is 237 Å². The lowest BCUT2D eigenvalue weighted by Gasteiger charge is -2.42. The highest BCUT2D eigenvalue weighted by atomic mass is 35.5. The Kier molecular flexibility index (Phi) is 24.7. The number of halogens is 9. The van der Waals surface area contributed by atoms with E-state index in [2.05, 4.69) is 61.7 Å². The molecule has 10 N–H and O–H groups in total. The molecule has 9 aromatic carbocycles. The molecule has 2 atom stereocenters. The van der Waals surface area contributed by atoms with Gasteiger partial charge in [-0.25, -0.2) is 26.6 Å². The summed E-state index contributed by atoms with van der Waals surface area (Å²) in [6, 6.07) is 61.2. The van der Waals surface area contributed by atoms with E-state index in [1.165, 1.54) is 48.5 Å². The van der Waals surface area contributed by atoms with Crippen LogP contribution >= 0.6 is 46.4 Å². The van der Waals surface area contributed by atoms with E-state index in [4.69, 9.17) is 60.6 Å². The van der Waals surface area contributed by atoms with E-state index in [0.29, 0.717) is 96.4 Å². The van der Waals surface area contributed by atoms with Crippen molar-refractivity contribution < 1.29 is 60.1 Å². The highest BCUT2D eigenvalue weighted by Gasteiger charge is 2.48. The first-order chi connectivity index (χ1) is 59.1. The van der Waals surface area contributed by atoms with Crippen molar-refractivity contribution in [1.82, 2.24) is 71.1 Å². The van der Waals surface area contributed by atoms with Crippen molar-refractivity contribution >= 4 is 130 Å². The number of aromatic amines is 5. The summed E-state index contributed by atoms with van der Waals surface area (Å²) in [5.41, 5.74) is 9.56. The van der Waals surface area contributed by atoms with Gasteiger partial charge in [0.25, 0.3) is 36.0 Å². The van der Waals surface area contributed by atoms with Crippen LogP contribution in [0.5, 0.6) is 11.5 Å². The zero-order chi connectivity index (χ0) is 86.6. The number of hydrogen-bond acceptors (Lipinski definition) is 10. The smallest absolute Gasteiger partial charge is 0.268 e. The zero-order valence-electron chi connectivity index (χ0n) is 66.4. The van der Waals surface area contributed by atoms with E-state index >= 15 is 0 Å². The number of rotatable bonds is 19.